The molecule has 3 nitrogen and oxygen atoms in total. The van der Waals surface area contributed by atoms with Crippen molar-refractivity contribution >= 4 is 27.8 Å². The maximum atomic E-state index is 4.22. The predicted molar refractivity (Wildman–Crippen MR) is 56.3 cm³/mol. The molecule has 0 radical (unpaired) electrons. The van der Waals surface area contributed by atoms with Crippen LogP contribution in [0, 0.1) is 0 Å². The highest BCUT2D eigenvalue weighted by Crippen LogP contribution is 2.17. The number of thiazole rings is 2. The zero-order chi connectivity index (χ0) is 9.10. The molecule has 0 amide bonds. The summed E-state index contributed by atoms with van der Waals surface area (Å²) in [7, 11) is 2.03. The van der Waals surface area contributed by atoms with Gasteiger partial charge in [0.05, 0.1) is 17.7 Å². The fourth-order valence-corrected chi connectivity index (χ4v) is 2.19. The summed E-state index contributed by atoms with van der Waals surface area (Å²) < 4.78 is 0. The summed E-state index contributed by atoms with van der Waals surface area (Å²) in [4.78, 5) is 10.5. The molecule has 0 fully saturated rings. The van der Waals surface area contributed by atoms with E-state index in [1.165, 1.54) is 0 Å². The number of hydrogen-bond acceptors (Lipinski definition) is 5. The van der Waals surface area contributed by atoms with Crippen molar-refractivity contribution in [2.75, 3.05) is 11.9 Å². The topological polar surface area (TPSA) is 29.0 Å². The normalized spacial score (nSPS) is 10.2. The molecule has 0 aliphatic heterocycles. The molecule has 2 aromatic heterocycles. The molecule has 68 valence electrons. The first-order valence-electron chi connectivity index (χ1n) is 3.84. The molecule has 0 aliphatic carbocycles. The number of rotatable bonds is 3. The Kier molecular flexibility index (Phi) is 2.56. The molecule has 0 N–H and O–H groups in total. The van der Waals surface area contributed by atoms with Crippen LogP contribution in [0.5, 0.6) is 0 Å². The Hall–Kier alpha value is -0.940. The van der Waals surface area contributed by atoms with E-state index in [0.717, 1.165) is 17.4 Å². The Bertz CT molecular complexity index is 341. The third-order valence-electron chi connectivity index (χ3n) is 1.63. The van der Waals surface area contributed by atoms with Gasteiger partial charge in [-0.15, -0.1) is 22.7 Å². The molecule has 2 heterocycles. The highest BCUT2D eigenvalue weighted by Gasteiger charge is 2.04. The molecule has 0 spiro atoms. The molecule has 0 unspecified atom stereocenters. The Labute approximate surface area is 84.7 Å². The van der Waals surface area contributed by atoms with Crippen LogP contribution in [0.2, 0.25) is 0 Å². The second-order valence-corrected chi connectivity index (χ2v) is 4.24. The van der Waals surface area contributed by atoms with Gasteiger partial charge in [-0.25, -0.2) is 9.97 Å². The van der Waals surface area contributed by atoms with Crippen molar-refractivity contribution in [1.82, 2.24) is 9.97 Å². The van der Waals surface area contributed by atoms with Gasteiger partial charge in [0.15, 0.2) is 5.13 Å². The van der Waals surface area contributed by atoms with E-state index in [0.29, 0.717) is 0 Å². The van der Waals surface area contributed by atoms with Crippen LogP contribution in [0.3, 0.4) is 0 Å². The molecule has 0 bridgehead atoms. The second-order valence-electron chi connectivity index (χ2n) is 2.65. The highest BCUT2D eigenvalue weighted by molar-refractivity contribution is 7.13. The lowest BCUT2D eigenvalue weighted by atomic mass is 10.5. The van der Waals surface area contributed by atoms with Crippen LogP contribution in [-0.2, 0) is 6.54 Å². The molecule has 2 aromatic rings. The van der Waals surface area contributed by atoms with Gasteiger partial charge in [-0.05, 0) is 0 Å². The molecule has 13 heavy (non-hydrogen) atoms. The molecule has 0 aliphatic rings. The van der Waals surface area contributed by atoms with E-state index in [4.69, 9.17) is 0 Å². The summed E-state index contributed by atoms with van der Waals surface area (Å²) in [5, 5.41) is 5.07. The molecule has 0 saturated carbocycles. The number of nitrogens with zero attached hydrogens (tertiary/aromatic N) is 3. The van der Waals surface area contributed by atoms with Crippen LogP contribution in [0.1, 0.15) is 5.69 Å². The molecular formula is C8H9N3S2. The van der Waals surface area contributed by atoms with Gasteiger partial charge >= 0.3 is 0 Å². The van der Waals surface area contributed by atoms with Crippen molar-refractivity contribution in [3.8, 4) is 0 Å². The number of hydrogen-bond donors (Lipinski definition) is 0. The average Bonchev–Trinajstić information content (AvgIpc) is 2.74. The zero-order valence-electron chi connectivity index (χ0n) is 7.17. The fraction of sp³-hybridized carbons (Fsp3) is 0.250. The number of aromatic nitrogens is 2. The Morgan fingerprint density at radius 1 is 1.46 bits per heavy atom. The lowest BCUT2D eigenvalue weighted by Crippen LogP contribution is -2.15. The summed E-state index contributed by atoms with van der Waals surface area (Å²) in [6, 6.07) is 0. The van der Waals surface area contributed by atoms with Gasteiger partial charge in [0.1, 0.15) is 0 Å². The number of anilines is 1. The first-order valence-corrected chi connectivity index (χ1v) is 5.66. The first kappa shape index (κ1) is 8.65. The van der Waals surface area contributed by atoms with Gasteiger partial charge < -0.3 is 4.90 Å². The maximum Gasteiger partial charge on any atom is 0.185 e. The van der Waals surface area contributed by atoms with Gasteiger partial charge in [-0.2, -0.15) is 0 Å². The zero-order valence-corrected chi connectivity index (χ0v) is 8.81. The average molecular weight is 211 g/mol. The van der Waals surface area contributed by atoms with E-state index in [1.807, 2.05) is 24.1 Å². The van der Waals surface area contributed by atoms with Crippen LogP contribution < -0.4 is 4.90 Å². The van der Waals surface area contributed by atoms with Crippen molar-refractivity contribution < 1.29 is 0 Å². The predicted octanol–water partition coefficient (Wildman–Crippen LogP) is 2.24. The summed E-state index contributed by atoms with van der Waals surface area (Å²) in [6.07, 6.45) is 1.82. The minimum absolute atomic E-state index is 0.830. The van der Waals surface area contributed by atoms with E-state index < -0.39 is 0 Å². The second kappa shape index (κ2) is 3.85. The van der Waals surface area contributed by atoms with Crippen molar-refractivity contribution in [1.29, 1.82) is 0 Å². The highest BCUT2D eigenvalue weighted by atomic mass is 32.1. The quantitative estimate of drug-likeness (QED) is 0.779. The largest absolute Gasteiger partial charge is 0.345 e. The Balaban J connectivity index is 2.04. The van der Waals surface area contributed by atoms with Gasteiger partial charge in [-0.1, -0.05) is 0 Å². The lowest BCUT2D eigenvalue weighted by molar-refractivity contribution is 0.888. The summed E-state index contributed by atoms with van der Waals surface area (Å²) in [5.41, 5.74) is 2.95. The van der Waals surface area contributed by atoms with Crippen LogP contribution in [0.25, 0.3) is 0 Å². The van der Waals surface area contributed by atoms with Crippen molar-refractivity contribution in [2.45, 2.75) is 6.54 Å². The van der Waals surface area contributed by atoms with E-state index in [2.05, 4.69) is 20.2 Å². The van der Waals surface area contributed by atoms with Gasteiger partial charge in [0.25, 0.3) is 0 Å². The van der Waals surface area contributed by atoms with Crippen LogP contribution in [0.15, 0.2) is 22.5 Å². The van der Waals surface area contributed by atoms with E-state index >= 15 is 0 Å². The van der Waals surface area contributed by atoms with Gasteiger partial charge in [-0.3, -0.25) is 0 Å². The third-order valence-corrected chi connectivity index (χ3v) is 3.15. The third kappa shape index (κ3) is 2.05. The molecule has 2 rings (SSSR count). The standard InChI is InChI=1S/C8H9N3S2/c1-11(8-9-2-3-13-8)4-7-5-12-6-10-7/h2-3,5-6H,4H2,1H3. The molecule has 5 heteroatoms. The van der Waals surface area contributed by atoms with Crippen molar-refractivity contribution in [2.24, 2.45) is 0 Å². The summed E-state index contributed by atoms with van der Waals surface area (Å²) >= 11 is 3.27. The first-order chi connectivity index (χ1) is 6.36. The maximum absolute atomic E-state index is 4.22. The summed E-state index contributed by atoms with van der Waals surface area (Å²) in [6.45, 7) is 0.830. The van der Waals surface area contributed by atoms with E-state index in [-0.39, 0.29) is 0 Å². The van der Waals surface area contributed by atoms with Crippen LogP contribution >= 0.6 is 22.7 Å². The van der Waals surface area contributed by atoms with Gasteiger partial charge in [0.2, 0.25) is 0 Å². The Morgan fingerprint density at radius 3 is 3.00 bits per heavy atom. The fourth-order valence-electron chi connectivity index (χ4n) is 1.03. The smallest absolute Gasteiger partial charge is 0.185 e. The van der Waals surface area contributed by atoms with Crippen LogP contribution in [-0.4, -0.2) is 17.0 Å². The molecule has 0 saturated heterocycles. The lowest BCUT2D eigenvalue weighted by Gasteiger charge is -2.13. The SMILES string of the molecule is CN(Cc1cscn1)c1nccs1. The molecule has 0 atom stereocenters. The van der Waals surface area contributed by atoms with Crippen molar-refractivity contribution in [3.63, 3.8) is 0 Å². The van der Waals surface area contributed by atoms with Crippen molar-refractivity contribution in [3.05, 3.63) is 28.2 Å². The monoisotopic (exact) mass is 211 g/mol. The molecular weight excluding hydrogens is 202 g/mol. The van der Waals surface area contributed by atoms with E-state index in [9.17, 15) is 0 Å². The van der Waals surface area contributed by atoms with Gasteiger partial charge in [0, 0.05) is 24.0 Å². The summed E-state index contributed by atoms with van der Waals surface area (Å²) in [5.74, 6) is 0. The van der Waals surface area contributed by atoms with E-state index in [1.54, 1.807) is 22.7 Å². The van der Waals surface area contributed by atoms with Crippen LogP contribution in [0.4, 0.5) is 5.13 Å². The Morgan fingerprint density at radius 2 is 2.38 bits per heavy atom. The molecule has 0 aromatic carbocycles. The minimum Gasteiger partial charge on any atom is -0.345 e. The minimum atomic E-state index is 0.830.